The number of imidazole rings is 1. The Hall–Kier alpha value is -3.19. The van der Waals surface area contributed by atoms with Crippen molar-refractivity contribution in [3.05, 3.63) is 54.4 Å². The molecule has 2 amide bonds. The van der Waals surface area contributed by atoms with Crippen molar-refractivity contribution < 1.29 is 14.3 Å². The summed E-state index contributed by atoms with van der Waals surface area (Å²) in [7, 11) is 1.53. The maximum Gasteiger partial charge on any atom is 0.313 e. The fraction of sp³-hybridized carbons (Fsp3) is 0.211. The van der Waals surface area contributed by atoms with E-state index in [1.807, 2.05) is 48.0 Å². The average molecular weight is 352 g/mol. The molecule has 7 nitrogen and oxygen atoms in total. The summed E-state index contributed by atoms with van der Waals surface area (Å²) in [6.45, 7) is 2.66. The van der Waals surface area contributed by atoms with E-state index in [0.717, 1.165) is 22.5 Å². The van der Waals surface area contributed by atoms with Gasteiger partial charge < -0.3 is 19.8 Å². The number of aromatic nitrogens is 2. The summed E-state index contributed by atoms with van der Waals surface area (Å²) in [5.74, 6) is -1.40. The molecule has 0 atom stereocenters. The molecule has 2 heterocycles. The number of benzene rings is 1. The van der Waals surface area contributed by atoms with Gasteiger partial charge in [-0.1, -0.05) is 18.2 Å². The lowest BCUT2D eigenvalue weighted by Crippen LogP contribution is -2.37. The summed E-state index contributed by atoms with van der Waals surface area (Å²) in [6, 6.07) is 11.2. The molecule has 0 aliphatic heterocycles. The normalized spacial score (nSPS) is 10.7. The predicted octanol–water partition coefficient (Wildman–Crippen LogP) is 2.01. The van der Waals surface area contributed by atoms with Crippen LogP contribution in [0.3, 0.4) is 0 Å². The fourth-order valence-electron chi connectivity index (χ4n) is 2.55. The van der Waals surface area contributed by atoms with E-state index >= 15 is 0 Å². The molecule has 3 aromatic rings. The van der Waals surface area contributed by atoms with Crippen LogP contribution < -0.4 is 10.6 Å². The third kappa shape index (κ3) is 3.89. The summed E-state index contributed by atoms with van der Waals surface area (Å²) < 4.78 is 6.80. The van der Waals surface area contributed by atoms with E-state index in [2.05, 4.69) is 15.6 Å². The summed E-state index contributed by atoms with van der Waals surface area (Å²) in [6.07, 6.45) is 3.91. The van der Waals surface area contributed by atoms with Gasteiger partial charge in [0.2, 0.25) is 0 Å². The maximum absolute atomic E-state index is 11.8. The van der Waals surface area contributed by atoms with E-state index in [1.54, 1.807) is 12.1 Å². The summed E-state index contributed by atoms with van der Waals surface area (Å²) in [5.41, 5.74) is 4.32. The zero-order valence-corrected chi connectivity index (χ0v) is 14.7. The molecule has 1 aromatic carbocycles. The number of fused-ring (bicyclic) bond motifs is 1. The standard InChI is InChI=1S/C19H20N4O3/c1-13-4-3-10-23-12-16(22-17(13)23)14-5-7-15(8-6-14)21-19(25)18(24)20-9-11-26-2/h3-8,10,12H,9,11H2,1-2H3,(H,20,24)(H,21,25). The van der Waals surface area contributed by atoms with Gasteiger partial charge in [-0.15, -0.1) is 0 Å². The molecule has 0 saturated heterocycles. The molecule has 26 heavy (non-hydrogen) atoms. The first-order valence-electron chi connectivity index (χ1n) is 8.21. The second-order valence-electron chi connectivity index (χ2n) is 5.83. The molecule has 3 rings (SSSR count). The number of hydrogen-bond donors (Lipinski definition) is 2. The third-order valence-electron chi connectivity index (χ3n) is 3.91. The fourth-order valence-corrected chi connectivity index (χ4v) is 2.55. The van der Waals surface area contributed by atoms with Crippen molar-refractivity contribution in [2.75, 3.05) is 25.6 Å². The minimum atomic E-state index is -0.711. The van der Waals surface area contributed by atoms with Gasteiger partial charge in [0, 0.05) is 37.3 Å². The van der Waals surface area contributed by atoms with Gasteiger partial charge in [-0.05, 0) is 30.7 Å². The number of amides is 2. The number of carbonyl (C=O) groups excluding carboxylic acids is 2. The van der Waals surface area contributed by atoms with Crippen LogP contribution in [0.2, 0.25) is 0 Å². The molecule has 2 aromatic heterocycles. The SMILES string of the molecule is COCCNC(=O)C(=O)Nc1ccc(-c2cn3cccc(C)c3n2)cc1. The van der Waals surface area contributed by atoms with Crippen molar-refractivity contribution >= 4 is 23.1 Å². The number of carbonyl (C=O) groups is 2. The van der Waals surface area contributed by atoms with Gasteiger partial charge in [0.15, 0.2) is 0 Å². The van der Waals surface area contributed by atoms with Gasteiger partial charge in [-0.3, -0.25) is 9.59 Å². The molecule has 7 heteroatoms. The first kappa shape index (κ1) is 17.6. The largest absolute Gasteiger partial charge is 0.383 e. The Bertz CT molecular complexity index is 932. The first-order chi connectivity index (χ1) is 12.6. The van der Waals surface area contributed by atoms with Crippen molar-refractivity contribution in [2.45, 2.75) is 6.92 Å². The number of anilines is 1. The van der Waals surface area contributed by atoms with Gasteiger partial charge in [-0.25, -0.2) is 4.98 Å². The Morgan fingerprint density at radius 3 is 2.62 bits per heavy atom. The average Bonchev–Trinajstić information content (AvgIpc) is 3.08. The highest BCUT2D eigenvalue weighted by Gasteiger charge is 2.13. The lowest BCUT2D eigenvalue weighted by atomic mass is 10.1. The molecular weight excluding hydrogens is 332 g/mol. The van der Waals surface area contributed by atoms with Crippen molar-refractivity contribution in [3.8, 4) is 11.3 Å². The number of rotatable bonds is 5. The topological polar surface area (TPSA) is 84.7 Å². The maximum atomic E-state index is 11.8. The highest BCUT2D eigenvalue weighted by atomic mass is 16.5. The number of methoxy groups -OCH3 is 1. The molecule has 0 spiro atoms. The Labute approximate surface area is 151 Å². The zero-order chi connectivity index (χ0) is 18.5. The van der Waals surface area contributed by atoms with Crippen LogP contribution in [0.4, 0.5) is 5.69 Å². The number of aryl methyl sites for hydroxylation is 1. The number of nitrogens with zero attached hydrogens (tertiary/aromatic N) is 2. The van der Waals surface area contributed by atoms with Gasteiger partial charge in [0.05, 0.1) is 12.3 Å². The predicted molar refractivity (Wildman–Crippen MR) is 98.9 cm³/mol. The van der Waals surface area contributed by atoms with E-state index in [-0.39, 0.29) is 6.54 Å². The Kier molecular flexibility index (Phi) is 5.28. The third-order valence-corrected chi connectivity index (χ3v) is 3.91. The number of nitrogens with one attached hydrogen (secondary N) is 2. The zero-order valence-electron chi connectivity index (χ0n) is 14.7. The molecule has 2 N–H and O–H groups in total. The second kappa shape index (κ2) is 7.79. The summed E-state index contributed by atoms with van der Waals surface area (Å²) in [4.78, 5) is 28.1. The van der Waals surface area contributed by atoms with Crippen molar-refractivity contribution in [1.29, 1.82) is 0 Å². The van der Waals surface area contributed by atoms with Gasteiger partial charge in [-0.2, -0.15) is 0 Å². The van der Waals surface area contributed by atoms with Crippen molar-refractivity contribution in [1.82, 2.24) is 14.7 Å². The second-order valence-corrected chi connectivity index (χ2v) is 5.83. The molecule has 134 valence electrons. The monoisotopic (exact) mass is 352 g/mol. The van der Waals surface area contributed by atoms with Crippen LogP contribution in [-0.4, -0.2) is 41.5 Å². The van der Waals surface area contributed by atoms with Gasteiger partial charge in [0.1, 0.15) is 5.65 Å². The Balaban J connectivity index is 1.69. The highest BCUT2D eigenvalue weighted by molar-refractivity contribution is 6.39. The molecule has 0 saturated carbocycles. The molecule has 0 fully saturated rings. The van der Waals surface area contributed by atoms with E-state index in [4.69, 9.17) is 4.74 Å². The van der Waals surface area contributed by atoms with E-state index in [9.17, 15) is 9.59 Å². The van der Waals surface area contributed by atoms with Crippen LogP contribution in [0.15, 0.2) is 48.8 Å². The minimum Gasteiger partial charge on any atom is -0.383 e. The van der Waals surface area contributed by atoms with Crippen LogP contribution >= 0.6 is 0 Å². The van der Waals surface area contributed by atoms with E-state index in [1.165, 1.54) is 7.11 Å². The van der Waals surface area contributed by atoms with E-state index < -0.39 is 11.8 Å². The Morgan fingerprint density at radius 1 is 1.15 bits per heavy atom. The number of ether oxygens (including phenoxy) is 1. The van der Waals surface area contributed by atoms with Crippen LogP contribution in [0.5, 0.6) is 0 Å². The molecule has 0 aliphatic carbocycles. The van der Waals surface area contributed by atoms with Crippen LogP contribution in [0.1, 0.15) is 5.56 Å². The van der Waals surface area contributed by atoms with Gasteiger partial charge >= 0.3 is 11.8 Å². The lowest BCUT2D eigenvalue weighted by Gasteiger charge is -2.06. The van der Waals surface area contributed by atoms with Crippen molar-refractivity contribution in [3.63, 3.8) is 0 Å². The Morgan fingerprint density at radius 2 is 1.92 bits per heavy atom. The number of hydrogen-bond acceptors (Lipinski definition) is 4. The van der Waals surface area contributed by atoms with Crippen LogP contribution in [0, 0.1) is 6.92 Å². The molecule has 0 aliphatic rings. The van der Waals surface area contributed by atoms with Gasteiger partial charge in [0.25, 0.3) is 0 Å². The highest BCUT2D eigenvalue weighted by Crippen LogP contribution is 2.22. The first-order valence-corrected chi connectivity index (χ1v) is 8.21. The summed E-state index contributed by atoms with van der Waals surface area (Å²) >= 11 is 0. The summed E-state index contributed by atoms with van der Waals surface area (Å²) in [5, 5.41) is 5.04. The van der Waals surface area contributed by atoms with E-state index in [0.29, 0.717) is 12.3 Å². The molecule has 0 bridgehead atoms. The number of pyridine rings is 1. The quantitative estimate of drug-likeness (QED) is 0.543. The lowest BCUT2D eigenvalue weighted by molar-refractivity contribution is -0.136. The van der Waals surface area contributed by atoms with Crippen molar-refractivity contribution in [2.24, 2.45) is 0 Å². The molecular formula is C19H20N4O3. The minimum absolute atomic E-state index is 0.287. The molecule has 0 radical (unpaired) electrons. The van der Waals surface area contributed by atoms with Crippen LogP contribution in [0.25, 0.3) is 16.9 Å². The smallest absolute Gasteiger partial charge is 0.313 e. The van der Waals surface area contributed by atoms with Crippen LogP contribution in [-0.2, 0) is 14.3 Å². The molecule has 0 unspecified atom stereocenters.